The van der Waals surface area contributed by atoms with Crippen LogP contribution in [0.25, 0.3) is 0 Å². The number of ether oxygens (including phenoxy) is 2. The Balaban J connectivity index is 2.51. The molecule has 1 atom stereocenters. The minimum absolute atomic E-state index is 0.412. The molecule has 1 aliphatic rings. The first-order valence-electron chi connectivity index (χ1n) is 7.11. The number of halogens is 1. The van der Waals surface area contributed by atoms with E-state index >= 15 is 0 Å². The standard InChI is InChI=1S/C16H19ClN2O3S/c1-10-13(15(20)22-3)14(11-6-4-5-7-12(11)17)18-16(23)19(10)8-9-21-2/h4-7,14H,8-9H2,1-3H3,(H,18,23)/t14-/m1/s1. The number of rotatable bonds is 5. The molecule has 0 saturated heterocycles. The molecule has 2 rings (SSSR count). The highest BCUT2D eigenvalue weighted by Crippen LogP contribution is 2.34. The molecule has 23 heavy (non-hydrogen) atoms. The van der Waals surface area contributed by atoms with E-state index in [-0.39, 0.29) is 0 Å². The van der Waals surface area contributed by atoms with Crippen molar-refractivity contribution < 1.29 is 14.3 Å². The SMILES string of the molecule is COCCN1C(=S)N[C@H](c2ccccc2Cl)C(C(=O)OC)=C1C. The zero-order chi connectivity index (χ0) is 17.0. The van der Waals surface area contributed by atoms with Crippen molar-refractivity contribution in [2.45, 2.75) is 13.0 Å². The summed E-state index contributed by atoms with van der Waals surface area (Å²) in [5, 5.41) is 4.27. The Hall–Kier alpha value is -1.63. The van der Waals surface area contributed by atoms with Gasteiger partial charge in [0.2, 0.25) is 0 Å². The molecular formula is C16H19ClN2O3S. The van der Waals surface area contributed by atoms with Gasteiger partial charge < -0.3 is 19.7 Å². The molecule has 0 fully saturated rings. The highest BCUT2D eigenvalue weighted by molar-refractivity contribution is 7.80. The molecule has 1 aliphatic heterocycles. The highest BCUT2D eigenvalue weighted by atomic mass is 35.5. The van der Waals surface area contributed by atoms with E-state index in [0.717, 1.165) is 11.3 Å². The molecule has 0 radical (unpaired) electrons. The van der Waals surface area contributed by atoms with Gasteiger partial charge in [0.1, 0.15) is 0 Å². The number of thiocarbonyl (C=S) groups is 1. The molecule has 124 valence electrons. The Morgan fingerprint density at radius 3 is 2.70 bits per heavy atom. The Morgan fingerprint density at radius 1 is 1.39 bits per heavy atom. The molecule has 0 unspecified atom stereocenters. The summed E-state index contributed by atoms with van der Waals surface area (Å²) in [6, 6.07) is 6.91. The van der Waals surface area contributed by atoms with E-state index in [9.17, 15) is 4.79 Å². The first kappa shape index (κ1) is 17.7. The van der Waals surface area contributed by atoms with E-state index < -0.39 is 12.0 Å². The number of nitrogens with one attached hydrogen (secondary N) is 1. The number of methoxy groups -OCH3 is 2. The summed E-state index contributed by atoms with van der Waals surface area (Å²) in [5.74, 6) is -0.412. The Morgan fingerprint density at radius 2 is 2.09 bits per heavy atom. The molecule has 1 aromatic rings. The molecule has 0 amide bonds. The molecule has 0 aromatic heterocycles. The summed E-state index contributed by atoms with van der Waals surface area (Å²) in [6.45, 7) is 2.88. The first-order chi connectivity index (χ1) is 11.0. The van der Waals surface area contributed by atoms with Crippen LogP contribution in [0.4, 0.5) is 0 Å². The van der Waals surface area contributed by atoms with E-state index in [1.807, 2.05) is 30.0 Å². The van der Waals surface area contributed by atoms with Gasteiger partial charge in [0.15, 0.2) is 5.11 Å². The molecule has 1 N–H and O–H groups in total. The van der Waals surface area contributed by atoms with Crippen LogP contribution in [-0.2, 0) is 14.3 Å². The summed E-state index contributed by atoms with van der Waals surface area (Å²) in [5.41, 5.74) is 2.01. The summed E-state index contributed by atoms with van der Waals surface area (Å²) < 4.78 is 10.1. The number of allylic oxidation sites excluding steroid dienone is 1. The van der Waals surface area contributed by atoms with Crippen LogP contribution in [0, 0.1) is 0 Å². The number of carbonyl (C=O) groups excluding carboxylic acids is 1. The van der Waals surface area contributed by atoms with Crippen molar-refractivity contribution in [3.8, 4) is 0 Å². The summed E-state index contributed by atoms with van der Waals surface area (Å²) in [4.78, 5) is 14.2. The molecule has 0 bridgehead atoms. The van der Waals surface area contributed by atoms with E-state index in [0.29, 0.717) is 28.9 Å². The summed E-state index contributed by atoms with van der Waals surface area (Å²) in [7, 11) is 2.98. The van der Waals surface area contributed by atoms with Crippen LogP contribution in [0.3, 0.4) is 0 Å². The highest BCUT2D eigenvalue weighted by Gasteiger charge is 2.35. The largest absolute Gasteiger partial charge is 0.466 e. The predicted molar refractivity (Wildman–Crippen MR) is 93.2 cm³/mol. The maximum absolute atomic E-state index is 12.3. The van der Waals surface area contributed by atoms with Crippen LogP contribution in [0.5, 0.6) is 0 Å². The van der Waals surface area contributed by atoms with Gasteiger partial charge in [-0.05, 0) is 30.8 Å². The van der Waals surface area contributed by atoms with E-state index in [1.165, 1.54) is 7.11 Å². The number of carbonyl (C=O) groups is 1. The normalized spacial score (nSPS) is 18.0. The fourth-order valence-electron chi connectivity index (χ4n) is 2.55. The van der Waals surface area contributed by atoms with Crippen molar-refractivity contribution in [2.75, 3.05) is 27.4 Å². The number of hydrogen-bond acceptors (Lipinski definition) is 4. The minimum Gasteiger partial charge on any atom is -0.466 e. The van der Waals surface area contributed by atoms with Gasteiger partial charge in [-0.1, -0.05) is 29.8 Å². The average molecular weight is 355 g/mol. The van der Waals surface area contributed by atoms with Gasteiger partial charge in [-0.15, -0.1) is 0 Å². The zero-order valence-corrected chi connectivity index (χ0v) is 14.8. The van der Waals surface area contributed by atoms with E-state index in [2.05, 4.69) is 5.32 Å². The van der Waals surface area contributed by atoms with Gasteiger partial charge in [-0.25, -0.2) is 4.79 Å². The quantitative estimate of drug-likeness (QED) is 0.648. The van der Waals surface area contributed by atoms with Gasteiger partial charge in [-0.2, -0.15) is 0 Å². The van der Waals surface area contributed by atoms with Gasteiger partial charge in [0.05, 0.1) is 25.3 Å². The third-order valence-corrected chi connectivity index (χ3v) is 4.42. The van der Waals surface area contributed by atoms with Crippen molar-refractivity contribution in [2.24, 2.45) is 0 Å². The van der Waals surface area contributed by atoms with Crippen molar-refractivity contribution in [3.05, 3.63) is 46.1 Å². The average Bonchev–Trinajstić information content (AvgIpc) is 2.54. The van der Waals surface area contributed by atoms with Crippen molar-refractivity contribution >= 4 is 34.9 Å². The zero-order valence-electron chi connectivity index (χ0n) is 13.3. The van der Waals surface area contributed by atoms with Crippen molar-refractivity contribution in [3.63, 3.8) is 0 Å². The van der Waals surface area contributed by atoms with Crippen LogP contribution in [0.1, 0.15) is 18.5 Å². The number of nitrogens with zero attached hydrogens (tertiary/aromatic N) is 1. The lowest BCUT2D eigenvalue weighted by Crippen LogP contribution is -2.48. The molecule has 7 heteroatoms. The van der Waals surface area contributed by atoms with Crippen molar-refractivity contribution in [1.29, 1.82) is 0 Å². The molecular weight excluding hydrogens is 336 g/mol. The molecule has 1 aromatic carbocycles. The smallest absolute Gasteiger partial charge is 0.337 e. The molecule has 0 spiro atoms. The van der Waals surface area contributed by atoms with E-state index in [4.69, 9.17) is 33.3 Å². The second-order valence-electron chi connectivity index (χ2n) is 5.04. The molecule has 0 aliphatic carbocycles. The van der Waals surface area contributed by atoms with Crippen LogP contribution in [0.15, 0.2) is 35.5 Å². The predicted octanol–water partition coefficient (Wildman–Crippen LogP) is 2.66. The summed E-state index contributed by atoms with van der Waals surface area (Å²) >= 11 is 11.7. The molecule has 0 saturated carbocycles. The van der Waals surface area contributed by atoms with Crippen LogP contribution >= 0.6 is 23.8 Å². The number of benzene rings is 1. The van der Waals surface area contributed by atoms with Gasteiger partial charge in [0, 0.05) is 24.4 Å². The topological polar surface area (TPSA) is 50.8 Å². The molecule has 1 heterocycles. The molecule has 5 nitrogen and oxygen atoms in total. The number of esters is 1. The van der Waals surface area contributed by atoms with Gasteiger partial charge >= 0.3 is 5.97 Å². The summed E-state index contributed by atoms with van der Waals surface area (Å²) in [6.07, 6.45) is 0. The van der Waals surface area contributed by atoms with Crippen molar-refractivity contribution in [1.82, 2.24) is 10.2 Å². The van der Waals surface area contributed by atoms with Crippen LogP contribution < -0.4 is 5.32 Å². The monoisotopic (exact) mass is 354 g/mol. The second kappa shape index (κ2) is 7.77. The fourth-order valence-corrected chi connectivity index (χ4v) is 3.14. The Labute approximate surface area is 146 Å². The number of hydrogen-bond donors (Lipinski definition) is 1. The second-order valence-corrected chi connectivity index (χ2v) is 5.83. The van der Waals surface area contributed by atoms with Crippen LogP contribution in [-0.4, -0.2) is 43.4 Å². The maximum atomic E-state index is 12.3. The Bertz CT molecular complexity index is 648. The third-order valence-electron chi connectivity index (χ3n) is 3.74. The lowest BCUT2D eigenvalue weighted by molar-refractivity contribution is -0.136. The van der Waals surface area contributed by atoms with E-state index in [1.54, 1.807) is 13.2 Å². The Kier molecular flexibility index (Phi) is 5.98. The lowest BCUT2D eigenvalue weighted by atomic mass is 9.95. The first-order valence-corrected chi connectivity index (χ1v) is 7.90. The maximum Gasteiger partial charge on any atom is 0.337 e. The van der Waals surface area contributed by atoms with Crippen LogP contribution in [0.2, 0.25) is 5.02 Å². The van der Waals surface area contributed by atoms with Gasteiger partial charge in [-0.3, -0.25) is 0 Å². The fraction of sp³-hybridized carbons (Fsp3) is 0.375. The van der Waals surface area contributed by atoms with Gasteiger partial charge in [0.25, 0.3) is 0 Å². The third kappa shape index (κ3) is 3.65. The minimum atomic E-state index is -0.442. The lowest BCUT2D eigenvalue weighted by Gasteiger charge is -2.37.